The lowest BCUT2D eigenvalue weighted by atomic mass is 9.49. The third-order valence-electron chi connectivity index (χ3n) is 6.46. The average Bonchev–Trinajstić information content (AvgIpc) is 2.46. The number of ether oxygens (including phenoxy) is 1. The van der Waals surface area contributed by atoms with E-state index in [0.29, 0.717) is 12.5 Å². The second-order valence-corrected chi connectivity index (χ2v) is 7.51. The molecule has 0 unspecified atom stereocenters. The van der Waals surface area contributed by atoms with Crippen LogP contribution in [0.2, 0.25) is 0 Å². The zero-order valence-electron chi connectivity index (χ0n) is 13.2. The Kier molecular flexibility index (Phi) is 3.48. The topological polar surface area (TPSA) is 29.5 Å². The van der Waals surface area contributed by atoms with Crippen LogP contribution in [0.5, 0.6) is 0 Å². The zero-order valence-corrected chi connectivity index (χ0v) is 13.2. The monoisotopic (exact) mass is 276 g/mol. The Hall–Kier alpha value is -0.760. The molecule has 3 aliphatic rings. The molecule has 3 atom stereocenters. The van der Waals surface area contributed by atoms with Crippen LogP contribution in [0.1, 0.15) is 58.8 Å². The van der Waals surface area contributed by atoms with Gasteiger partial charge in [0.05, 0.1) is 12.9 Å². The minimum absolute atomic E-state index is 0.111. The maximum Gasteiger partial charge on any atom is 0.0959 e. The van der Waals surface area contributed by atoms with Crippen molar-refractivity contribution in [2.75, 3.05) is 13.7 Å². The summed E-state index contributed by atoms with van der Waals surface area (Å²) >= 11 is 0. The first-order valence-corrected chi connectivity index (χ1v) is 8.09. The lowest BCUT2D eigenvalue weighted by Gasteiger charge is -2.56. The molecule has 0 aromatic carbocycles. The van der Waals surface area contributed by atoms with Gasteiger partial charge in [-0.05, 0) is 54.9 Å². The van der Waals surface area contributed by atoms with Crippen LogP contribution in [-0.4, -0.2) is 18.8 Å². The number of hydrogen-bond acceptors (Lipinski definition) is 2. The molecule has 0 saturated heterocycles. The SMILES string of the molecule is COC1=CCC2=C(C1)[C@@]1(C)CCC[C@](C)(CO)[C@H]1CC2. The fourth-order valence-electron chi connectivity index (χ4n) is 5.26. The highest BCUT2D eigenvalue weighted by molar-refractivity contribution is 5.35. The molecule has 0 aromatic heterocycles. The first-order valence-electron chi connectivity index (χ1n) is 8.09. The number of rotatable bonds is 2. The second-order valence-electron chi connectivity index (χ2n) is 7.51. The molecule has 0 amide bonds. The number of aliphatic hydroxyl groups excluding tert-OH is 1. The van der Waals surface area contributed by atoms with Gasteiger partial charge in [0, 0.05) is 13.0 Å². The lowest BCUT2D eigenvalue weighted by Crippen LogP contribution is -2.48. The van der Waals surface area contributed by atoms with Gasteiger partial charge in [-0.2, -0.15) is 0 Å². The lowest BCUT2D eigenvalue weighted by molar-refractivity contribution is -0.0395. The van der Waals surface area contributed by atoms with Crippen molar-refractivity contribution in [3.8, 4) is 0 Å². The van der Waals surface area contributed by atoms with Crippen LogP contribution >= 0.6 is 0 Å². The van der Waals surface area contributed by atoms with E-state index in [1.807, 2.05) is 0 Å². The van der Waals surface area contributed by atoms with E-state index in [2.05, 4.69) is 19.9 Å². The molecule has 3 rings (SSSR count). The Labute approximate surface area is 122 Å². The molecule has 0 heterocycles. The summed E-state index contributed by atoms with van der Waals surface area (Å²) in [7, 11) is 1.79. The maximum atomic E-state index is 9.95. The highest BCUT2D eigenvalue weighted by Crippen LogP contribution is 2.61. The van der Waals surface area contributed by atoms with Crippen molar-refractivity contribution in [1.82, 2.24) is 0 Å². The molecule has 2 heteroatoms. The molecule has 0 aliphatic heterocycles. The molecule has 112 valence electrons. The summed E-state index contributed by atoms with van der Waals surface area (Å²) in [5, 5.41) is 9.95. The van der Waals surface area contributed by atoms with E-state index >= 15 is 0 Å². The van der Waals surface area contributed by atoms with Crippen molar-refractivity contribution >= 4 is 0 Å². The number of hydrogen-bond donors (Lipinski definition) is 1. The normalized spacial score (nSPS) is 40.8. The Morgan fingerprint density at radius 2 is 2.15 bits per heavy atom. The summed E-state index contributed by atoms with van der Waals surface area (Å²) in [5.74, 6) is 1.77. The van der Waals surface area contributed by atoms with Gasteiger partial charge in [-0.15, -0.1) is 0 Å². The Bertz CT molecular complexity index is 462. The number of aliphatic hydroxyl groups is 1. The summed E-state index contributed by atoms with van der Waals surface area (Å²) in [4.78, 5) is 0. The minimum Gasteiger partial charge on any atom is -0.501 e. The quantitative estimate of drug-likeness (QED) is 0.766. The summed E-state index contributed by atoms with van der Waals surface area (Å²) in [6.07, 6.45) is 10.5. The van der Waals surface area contributed by atoms with Gasteiger partial charge >= 0.3 is 0 Å². The molecule has 1 fully saturated rings. The molecular weight excluding hydrogens is 248 g/mol. The van der Waals surface area contributed by atoms with Gasteiger partial charge in [0.25, 0.3) is 0 Å². The van der Waals surface area contributed by atoms with Gasteiger partial charge in [-0.3, -0.25) is 0 Å². The first-order chi connectivity index (χ1) is 9.53. The van der Waals surface area contributed by atoms with Crippen LogP contribution in [-0.2, 0) is 4.74 Å². The molecule has 0 spiro atoms. The van der Waals surface area contributed by atoms with E-state index < -0.39 is 0 Å². The van der Waals surface area contributed by atoms with Gasteiger partial charge < -0.3 is 9.84 Å². The van der Waals surface area contributed by atoms with Crippen molar-refractivity contribution in [2.45, 2.75) is 58.8 Å². The van der Waals surface area contributed by atoms with E-state index in [-0.39, 0.29) is 10.8 Å². The minimum atomic E-state index is 0.111. The van der Waals surface area contributed by atoms with Crippen LogP contribution in [0.4, 0.5) is 0 Å². The van der Waals surface area contributed by atoms with Crippen LogP contribution in [0.3, 0.4) is 0 Å². The fraction of sp³-hybridized carbons (Fsp3) is 0.778. The largest absolute Gasteiger partial charge is 0.501 e. The Balaban J connectivity index is 1.97. The Morgan fingerprint density at radius 1 is 1.35 bits per heavy atom. The standard InChI is InChI=1S/C18H28O2/c1-17(12-19)9-4-10-18(2)15-11-14(20-3)7-5-13(15)6-8-16(17)18/h7,16,19H,4-6,8-12H2,1-3H3/t16-,17-,18-/m1/s1. The highest BCUT2D eigenvalue weighted by Gasteiger charge is 2.52. The molecular formula is C18H28O2. The van der Waals surface area contributed by atoms with Crippen molar-refractivity contribution in [3.63, 3.8) is 0 Å². The summed E-state index contributed by atoms with van der Waals surface area (Å²) in [6, 6.07) is 0. The van der Waals surface area contributed by atoms with E-state index in [1.165, 1.54) is 32.1 Å². The van der Waals surface area contributed by atoms with Crippen LogP contribution in [0.25, 0.3) is 0 Å². The van der Waals surface area contributed by atoms with Crippen molar-refractivity contribution in [3.05, 3.63) is 23.0 Å². The third-order valence-corrected chi connectivity index (χ3v) is 6.46. The van der Waals surface area contributed by atoms with Gasteiger partial charge in [-0.25, -0.2) is 0 Å². The fourth-order valence-corrected chi connectivity index (χ4v) is 5.26. The molecule has 3 aliphatic carbocycles. The smallest absolute Gasteiger partial charge is 0.0959 e. The van der Waals surface area contributed by atoms with Crippen molar-refractivity contribution in [1.29, 1.82) is 0 Å². The highest BCUT2D eigenvalue weighted by atomic mass is 16.5. The molecule has 1 saturated carbocycles. The van der Waals surface area contributed by atoms with Gasteiger partial charge in [0.2, 0.25) is 0 Å². The average molecular weight is 276 g/mol. The van der Waals surface area contributed by atoms with Crippen LogP contribution in [0, 0.1) is 16.7 Å². The van der Waals surface area contributed by atoms with E-state index in [9.17, 15) is 5.11 Å². The van der Waals surface area contributed by atoms with Crippen LogP contribution < -0.4 is 0 Å². The number of methoxy groups -OCH3 is 1. The van der Waals surface area contributed by atoms with Crippen molar-refractivity contribution in [2.24, 2.45) is 16.7 Å². The first kappa shape index (κ1) is 14.2. The molecule has 0 radical (unpaired) electrons. The Morgan fingerprint density at radius 3 is 2.85 bits per heavy atom. The summed E-state index contributed by atoms with van der Waals surface area (Å²) in [5.41, 5.74) is 3.69. The maximum absolute atomic E-state index is 9.95. The van der Waals surface area contributed by atoms with Gasteiger partial charge in [0.1, 0.15) is 0 Å². The molecule has 0 bridgehead atoms. The summed E-state index contributed by atoms with van der Waals surface area (Å²) < 4.78 is 5.52. The molecule has 2 nitrogen and oxygen atoms in total. The number of allylic oxidation sites excluding steroid dienone is 3. The van der Waals surface area contributed by atoms with E-state index in [4.69, 9.17) is 4.74 Å². The van der Waals surface area contributed by atoms with Crippen molar-refractivity contribution < 1.29 is 9.84 Å². The van der Waals surface area contributed by atoms with Gasteiger partial charge in [-0.1, -0.05) is 31.4 Å². The second kappa shape index (κ2) is 4.91. The molecule has 0 aromatic rings. The van der Waals surface area contributed by atoms with E-state index in [0.717, 1.165) is 18.6 Å². The predicted octanol–water partition coefficient (Wildman–Crippen LogP) is 4.21. The van der Waals surface area contributed by atoms with Crippen LogP contribution in [0.15, 0.2) is 23.0 Å². The molecule has 20 heavy (non-hydrogen) atoms. The van der Waals surface area contributed by atoms with Gasteiger partial charge in [0.15, 0.2) is 0 Å². The predicted molar refractivity (Wildman–Crippen MR) is 81.2 cm³/mol. The zero-order chi connectivity index (χ0) is 14.4. The summed E-state index contributed by atoms with van der Waals surface area (Å²) in [6.45, 7) is 5.09. The van der Waals surface area contributed by atoms with E-state index in [1.54, 1.807) is 18.3 Å². The molecule has 1 N–H and O–H groups in total. The third kappa shape index (κ3) is 1.95. The number of fused-ring (bicyclic) bond motifs is 2.